The molecule has 0 atom stereocenters. The molecular formula is C8H12BrN3. The molecule has 0 aromatic carbocycles. The first kappa shape index (κ1) is 9.45. The summed E-state index contributed by atoms with van der Waals surface area (Å²) in [5.74, 6) is 1.42. The summed E-state index contributed by atoms with van der Waals surface area (Å²) in [6.45, 7) is 2.10. The van der Waals surface area contributed by atoms with Crippen LogP contribution in [0.3, 0.4) is 0 Å². The van der Waals surface area contributed by atoms with Crippen LogP contribution in [0.4, 0.5) is 5.82 Å². The second kappa shape index (κ2) is 4.40. The Morgan fingerprint density at radius 2 is 2.33 bits per heavy atom. The highest BCUT2D eigenvalue weighted by Gasteiger charge is 2.01. The molecule has 0 aliphatic heterocycles. The molecule has 12 heavy (non-hydrogen) atoms. The lowest BCUT2D eigenvalue weighted by Crippen LogP contribution is -2.02. The molecule has 1 aromatic rings. The van der Waals surface area contributed by atoms with Crippen LogP contribution in [0, 0.1) is 0 Å². The average Bonchev–Trinajstić information content (AvgIpc) is 2.05. The maximum Gasteiger partial charge on any atom is 0.131 e. The molecule has 0 spiro atoms. The van der Waals surface area contributed by atoms with Crippen LogP contribution in [0.2, 0.25) is 0 Å². The molecule has 3 nitrogen and oxygen atoms in total. The Morgan fingerprint density at radius 1 is 1.58 bits per heavy atom. The summed E-state index contributed by atoms with van der Waals surface area (Å²) in [5.41, 5.74) is 6.63. The number of hydrogen-bond donors (Lipinski definition) is 1. The van der Waals surface area contributed by atoms with Gasteiger partial charge in [-0.1, -0.05) is 22.9 Å². The monoisotopic (exact) mass is 229 g/mol. The predicted octanol–water partition coefficient (Wildman–Crippen LogP) is 1.91. The minimum atomic E-state index is 0.588. The van der Waals surface area contributed by atoms with E-state index in [2.05, 4.69) is 32.8 Å². The summed E-state index contributed by atoms with van der Waals surface area (Å²) in [6, 6.07) is 0. The highest BCUT2D eigenvalue weighted by molar-refractivity contribution is 9.08. The maximum atomic E-state index is 5.68. The van der Waals surface area contributed by atoms with Gasteiger partial charge in [-0.05, 0) is 6.42 Å². The van der Waals surface area contributed by atoms with Crippen LogP contribution in [0.25, 0.3) is 0 Å². The molecule has 1 heterocycles. The van der Waals surface area contributed by atoms with Crippen molar-refractivity contribution in [2.45, 2.75) is 25.1 Å². The summed E-state index contributed by atoms with van der Waals surface area (Å²) in [6.07, 6.45) is 3.72. The number of aromatic nitrogens is 2. The number of halogens is 1. The van der Waals surface area contributed by atoms with E-state index < -0.39 is 0 Å². The molecular weight excluding hydrogens is 218 g/mol. The van der Waals surface area contributed by atoms with Crippen LogP contribution in [0.5, 0.6) is 0 Å². The van der Waals surface area contributed by atoms with Gasteiger partial charge in [0.15, 0.2) is 0 Å². The molecule has 2 N–H and O–H groups in total. The predicted molar refractivity (Wildman–Crippen MR) is 53.1 cm³/mol. The van der Waals surface area contributed by atoms with Gasteiger partial charge < -0.3 is 5.73 Å². The Hall–Kier alpha value is -0.640. The van der Waals surface area contributed by atoms with Gasteiger partial charge in [0.1, 0.15) is 11.6 Å². The van der Waals surface area contributed by atoms with Gasteiger partial charge in [0.25, 0.3) is 0 Å². The number of anilines is 1. The highest BCUT2D eigenvalue weighted by atomic mass is 79.9. The minimum Gasteiger partial charge on any atom is -0.383 e. The fraction of sp³-hybridized carbons (Fsp3) is 0.500. The van der Waals surface area contributed by atoms with Gasteiger partial charge in [0, 0.05) is 23.5 Å². The molecule has 0 fully saturated rings. The van der Waals surface area contributed by atoms with Crippen molar-refractivity contribution in [3.8, 4) is 0 Å². The summed E-state index contributed by atoms with van der Waals surface area (Å²) >= 11 is 3.31. The van der Waals surface area contributed by atoms with E-state index in [0.717, 1.165) is 24.2 Å². The molecule has 0 saturated carbocycles. The molecule has 0 radical (unpaired) electrons. The molecule has 0 saturated heterocycles. The number of alkyl halides is 1. The fourth-order valence-electron chi connectivity index (χ4n) is 0.905. The van der Waals surface area contributed by atoms with Gasteiger partial charge in [0.2, 0.25) is 0 Å². The largest absolute Gasteiger partial charge is 0.383 e. The Labute approximate surface area is 80.5 Å². The third-order valence-electron chi connectivity index (χ3n) is 1.57. The van der Waals surface area contributed by atoms with Crippen molar-refractivity contribution < 1.29 is 0 Å². The van der Waals surface area contributed by atoms with E-state index in [-0.39, 0.29) is 0 Å². The van der Waals surface area contributed by atoms with Crippen LogP contribution in [-0.4, -0.2) is 9.97 Å². The molecule has 0 aliphatic rings. The van der Waals surface area contributed by atoms with Crippen LogP contribution in [0.15, 0.2) is 6.20 Å². The van der Waals surface area contributed by atoms with Crippen molar-refractivity contribution in [1.29, 1.82) is 0 Å². The lowest BCUT2D eigenvalue weighted by atomic mass is 10.3. The molecule has 0 unspecified atom stereocenters. The molecule has 1 rings (SSSR count). The molecule has 4 heteroatoms. The lowest BCUT2D eigenvalue weighted by molar-refractivity contribution is 0.833. The second-order valence-electron chi connectivity index (χ2n) is 2.58. The first-order valence-corrected chi connectivity index (χ1v) is 5.06. The quantitative estimate of drug-likeness (QED) is 0.807. The van der Waals surface area contributed by atoms with E-state index in [1.54, 1.807) is 6.20 Å². The third-order valence-corrected chi connectivity index (χ3v) is 2.17. The first-order chi connectivity index (χ1) is 5.77. The SMILES string of the molecule is CCCc1ncc(CBr)c(N)n1. The van der Waals surface area contributed by atoms with Gasteiger partial charge in [-0.2, -0.15) is 0 Å². The molecule has 66 valence electrons. The van der Waals surface area contributed by atoms with Crippen molar-refractivity contribution in [2.75, 3.05) is 5.73 Å². The number of nitrogen functional groups attached to an aromatic ring is 1. The van der Waals surface area contributed by atoms with Gasteiger partial charge in [-0.3, -0.25) is 0 Å². The number of nitrogens with two attached hydrogens (primary N) is 1. The van der Waals surface area contributed by atoms with Crippen molar-refractivity contribution in [3.05, 3.63) is 17.6 Å². The Kier molecular flexibility index (Phi) is 3.47. The highest BCUT2D eigenvalue weighted by Crippen LogP contribution is 2.11. The van der Waals surface area contributed by atoms with E-state index in [1.807, 2.05) is 0 Å². The van der Waals surface area contributed by atoms with E-state index in [1.165, 1.54) is 0 Å². The third kappa shape index (κ3) is 2.17. The molecule has 0 aliphatic carbocycles. The number of aryl methyl sites for hydroxylation is 1. The smallest absolute Gasteiger partial charge is 0.131 e. The number of rotatable bonds is 3. The topological polar surface area (TPSA) is 51.8 Å². The van der Waals surface area contributed by atoms with Crippen LogP contribution < -0.4 is 5.73 Å². The summed E-state index contributed by atoms with van der Waals surface area (Å²) in [4.78, 5) is 8.35. The molecule has 1 aromatic heterocycles. The lowest BCUT2D eigenvalue weighted by Gasteiger charge is -2.02. The zero-order valence-corrected chi connectivity index (χ0v) is 8.63. The van der Waals surface area contributed by atoms with Crippen LogP contribution >= 0.6 is 15.9 Å². The van der Waals surface area contributed by atoms with E-state index in [4.69, 9.17) is 5.73 Å². The van der Waals surface area contributed by atoms with Crippen molar-refractivity contribution >= 4 is 21.7 Å². The number of hydrogen-bond acceptors (Lipinski definition) is 3. The Morgan fingerprint density at radius 3 is 2.83 bits per heavy atom. The Bertz CT molecular complexity index is 262. The van der Waals surface area contributed by atoms with Gasteiger partial charge in [0.05, 0.1) is 0 Å². The molecule has 0 amide bonds. The Balaban J connectivity index is 2.86. The summed E-state index contributed by atoms with van der Waals surface area (Å²) in [7, 11) is 0. The van der Waals surface area contributed by atoms with E-state index in [0.29, 0.717) is 11.1 Å². The summed E-state index contributed by atoms with van der Waals surface area (Å²) < 4.78 is 0. The normalized spacial score (nSPS) is 10.2. The van der Waals surface area contributed by atoms with Gasteiger partial charge >= 0.3 is 0 Å². The molecule has 0 bridgehead atoms. The van der Waals surface area contributed by atoms with Crippen molar-refractivity contribution in [2.24, 2.45) is 0 Å². The summed E-state index contributed by atoms with van der Waals surface area (Å²) in [5, 5.41) is 0.714. The first-order valence-electron chi connectivity index (χ1n) is 3.94. The zero-order chi connectivity index (χ0) is 8.97. The van der Waals surface area contributed by atoms with Crippen LogP contribution in [-0.2, 0) is 11.8 Å². The fourth-order valence-corrected chi connectivity index (χ4v) is 1.34. The van der Waals surface area contributed by atoms with Gasteiger partial charge in [-0.15, -0.1) is 0 Å². The van der Waals surface area contributed by atoms with Crippen molar-refractivity contribution in [1.82, 2.24) is 9.97 Å². The second-order valence-corrected chi connectivity index (χ2v) is 3.14. The van der Waals surface area contributed by atoms with Gasteiger partial charge in [-0.25, -0.2) is 9.97 Å². The van der Waals surface area contributed by atoms with Crippen LogP contribution in [0.1, 0.15) is 24.7 Å². The zero-order valence-electron chi connectivity index (χ0n) is 7.05. The van der Waals surface area contributed by atoms with E-state index in [9.17, 15) is 0 Å². The average molecular weight is 230 g/mol. The number of nitrogens with zero attached hydrogens (tertiary/aromatic N) is 2. The maximum absolute atomic E-state index is 5.68. The minimum absolute atomic E-state index is 0.588. The van der Waals surface area contributed by atoms with E-state index >= 15 is 0 Å². The standard InChI is InChI=1S/C8H12BrN3/c1-2-3-7-11-5-6(4-9)8(10)12-7/h5H,2-4H2,1H3,(H2,10,11,12). The van der Waals surface area contributed by atoms with Crippen molar-refractivity contribution in [3.63, 3.8) is 0 Å².